The van der Waals surface area contributed by atoms with Crippen molar-refractivity contribution in [1.82, 2.24) is 0 Å². The molecule has 0 radical (unpaired) electrons. The van der Waals surface area contributed by atoms with Crippen LogP contribution in [0.4, 0.5) is 0 Å². The highest BCUT2D eigenvalue weighted by atomic mass is 35.5. The molecule has 0 saturated heterocycles. The smallest absolute Gasteiger partial charge is 0.187 e. The summed E-state index contributed by atoms with van der Waals surface area (Å²) in [5, 5.41) is 8.76. The van der Waals surface area contributed by atoms with Crippen molar-refractivity contribution in [2.24, 2.45) is 5.73 Å². The molecule has 1 atom stereocenters. The first kappa shape index (κ1) is 12.3. The predicted molar refractivity (Wildman–Crippen MR) is 42.1 cm³/mol. The number of aliphatic hydroxyl groups is 1. The Morgan fingerprint density at radius 2 is 2.20 bits per heavy atom. The van der Waals surface area contributed by atoms with E-state index in [9.17, 15) is 4.79 Å². The molecule has 3 N–H and O–H groups in total. The lowest BCUT2D eigenvalue weighted by Gasteiger charge is -2.03. The summed E-state index contributed by atoms with van der Waals surface area (Å²) in [6, 6.07) is 0. The lowest BCUT2D eigenvalue weighted by molar-refractivity contribution is -0.122. The minimum absolute atomic E-state index is 0. The van der Waals surface area contributed by atoms with Gasteiger partial charge in [-0.25, -0.2) is 0 Å². The first-order valence-corrected chi connectivity index (χ1v) is 2.67. The van der Waals surface area contributed by atoms with Gasteiger partial charge in [0, 0.05) is 6.54 Å². The molecule has 10 heavy (non-hydrogen) atoms. The zero-order valence-electron chi connectivity index (χ0n) is 5.83. The Labute approximate surface area is 66.3 Å². The molecular weight excluding hydrogens is 154 g/mol. The Bertz CT molecular complexity index is 136. The normalized spacial score (nSPS) is 11.5. The molecule has 0 aromatic carbocycles. The third kappa shape index (κ3) is 3.61. The van der Waals surface area contributed by atoms with E-state index in [0.29, 0.717) is 5.57 Å². The Hall–Kier alpha value is -0.380. The second-order valence-electron chi connectivity index (χ2n) is 1.90. The summed E-state index contributed by atoms with van der Waals surface area (Å²) < 4.78 is 0. The number of aliphatic hydroxyl groups excluding tert-OH is 1. The van der Waals surface area contributed by atoms with Gasteiger partial charge >= 0.3 is 0 Å². The SMILES string of the molecule is C=C(C)C(=O)C(O)CN.Cl. The average molecular weight is 166 g/mol. The number of halogens is 1. The maximum absolute atomic E-state index is 10.6. The van der Waals surface area contributed by atoms with Gasteiger partial charge in [-0.05, 0) is 12.5 Å². The van der Waals surface area contributed by atoms with Crippen molar-refractivity contribution in [2.75, 3.05) is 6.54 Å². The maximum atomic E-state index is 10.6. The second kappa shape index (κ2) is 5.41. The van der Waals surface area contributed by atoms with Gasteiger partial charge in [0.05, 0.1) is 0 Å². The van der Waals surface area contributed by atoms with Crippen LogP contribution in [-0.2, 0) is 4.79 Å². The summed E-state index contributed by atoms with van der Waals surface area (Å²) >= 11 is 0. The number of hydrogen-bond acceptors (Lipinski definition) is 3. The fraction of sp³-hybridized carbons (Fsp3) is 0.500. The van der Waals surface area contributed by atoms with E-state index in [1.165, 1.54) is 0 Å². The van der Waals surface area contributed by atoms with Gasteiger partial charge < -0.3 is 10.8 Å². The third-order valence-electron chi connectivity index (χ3n) is 0.947. The lowest BCUT2D eigenvalue weighted by Crippen LogP contribution is -2.29. The van der Waals surface area contributed by atoms with Crippen LogP contribution in [0, 0.1) is 0 Å². The highest BCUT2D eigenvalue weighted by molar-refractivity contribution is 5.97. The average Bonchev–Trinajstić information content (AvgIpc) is 1.84. The Kier molecular flexibility index (Phi) is 6.66. The number of Topliss-reactive ketones (excluding diaryl/α,β-unsaturated/α-hetero) is 1. The molecule has 0 heterocycles. The summed E-state index contributed by atoms with van der Waals surface area (Å²) in [4.78, 5) is 10.6. The van der Waals surface area contributed by atoms with Crippen molar-refractivity contribution >= 4 is 18.2 Å². The van der Waals surface area contributed by atoms with Gasteiger partial charge in [0.1, 0.15) is 6.10 Å². The van der Waals surface area contributed by atoms with Crippen LogP contribution in [0.3, 0.4) is 0 Å². The second-order valence-corrected chi connectivity index (χ2v) is 1.90. The van der Waals surface area contributed by atoms with Gasteiger partial charge in [0.15, 0.2) is 5.78 Å². The summed E-state index contributed by atoms with van der Waals surface area (Å²) in [6.45, 7) is 4.87. The molecule has 3 nitrogen and oxygen atoms in total. The molecule has 0 saturated carbocycles. The molecule has 0 aromatic rings. The van der Waals surface area contributed by atoms with Gasteiger partial charge in [-0.3, -0.25) is 4.79 Å². The fourth-order valence-electron chi connectivity index (χ4n) is 0.391. The molecule has 0 aliphatic rings. The number of carbonyl (C=O) groups excluding carboxylic acids is 1. The van der Waals surface area contributed by atoms with Crippen LogP contribution >= 0.6 is 12.4 Å². The Morgan fingerprint density at radius 3 is 2.30 bits per heavy atom. The van der Waals surface area contributed by atoms with Crippen LogP contribution in [0.1, 0.15) is 6.92 Å². The number of carbonyl (C=O) groups is 1. The van der Waals surface area contributed by atoms with Crippen LogP contribution in [0.15, 0.2) is 12.2 Å². The molecule has 0 fully saturated rings. The van der Waals surface area contributed by atoms with Crippen LogP contribution in [0.25, 0.3) is 0 Å². The van der Waals surface area contributed by atoms with Crippen LogP contribution < -0.4 is 5.73 Å². The van der Waals surface area contributed by atoms with Gasteiger partial charge in [0.25, 0.3) is 0 Å². The van der Waals surface area contributed by atoms with E-state index in [2.05, 4.69) is 6.58 Å². The van der Waals surface area contributed by atoms with E-state index >= 15 is 0 Å². The summed E-state index contributed by atoms with van der Waals surface area (Å²) in [7, 11) is 0. The summed E-state index contributed by atoms with van der Waals surface area (Å²) in [6.07, 6.45) is -1.07. The zero-order valence-corrected chi connectivity index (χ0v) is 6.65. The van der Waals surface area contributed by atoms with Crippen molar-refractivity contribution < 1.29 is 9.90 Å². The quantitative estimate of drug-likeness (QED) is 0.573. The molecule has 0 aromatic heterocycles. The van der Waals surface area contributed by atoms with E-state index in [1.54, 1.807) is 6.92 Å². The van der Waals surface area contributed by atoms with Crippen molar-refractivity contribution in [3.05, 3.63) is 12.2 Å². The van der Waals surface area contributed by atoms with Crippen molar-refractivity contribution in [1.29, 1.82) is 0 Å². The Morgan fingerprint density at radius 1 is 1.80 bits per heavy atom. The molecule has 60 valence electrons. The van der Waals surface area contributed by atoms with Gasteiger partial charge in [0.2, 0.25) is 0 Å². The first-order chi connectivity index (χ1) is 4.09. The Balaban J connectivity index is 0. The summed E-state index contributed by atoms with van der Waals surface area (Å²) in [5.74, 6) is -0.377. The zero-order chi connectivity index (χ0) is 7.44. The van der Waals surface area contributed by atoms with Gasteiger partial charge in [-0.15, -0.1) is 12.4 Å². The van der Waals surface area contributed by atoms with Crippen molar-refractivity contribution in [3.8, 4) is 0 Å². The molecule has 4 heteroatoms. The molecule has 0 amide bonds. The van der Waals surface area contributed by atoms with E-state index < -0.39 is 6.10 Å². The molecule has 0 rings (SSSR count). The van der Waals surface area contributed by atoms with E-state index in [-0.39, 0.29) is 24.7 Å². The highest BCUT2D eigenvalue weighted by Crippen LogP contribution is 1.93. The minimum atomic E-state index is -1.07. The van der Waals surface area contributed by atoms with Crippen LogP contribution in [0.5, 0.6) is 0 Å². The number of nitrogens with two attached hydrogens (primary N) is 1. The van der Waals surface area contributed by atoms with E-state index in [0.717, 1.165) is 0 Å². The van der Waals surface area contributed by atoms with Gasteiger partial charge in [-0.2, -0.15) is 0 Å². The van der Waals surface area contributed by atoms with Crippen molar-refractivity contribution in [2.45, 2.75) is 13.0 Å². The number of rotatable bonds is 3. The lowest BCUT2D eigenvalue weighted by atomic mass is 10.1. The standard InChI is InChI=1S/C6H11NO2.ClH/c1-4(2)6(9)5(8)3-7;/h5,8H,1,3,7H2,2H3;1H. The van der Waals surface area contributed by atoms with E-state index in [1.807, 2.05) is 0 Å². The largest absolute Gasteiger partial charge is 0.384 e. The monoisotopic (exact) mass is 165 g/mol. The third-order valence-corrected chi connectivity index (χ3v) is 0.947. The number of ketones is 1. The van der Waals surface area contributed by atoms with Crippen LogP contribution in [-0.4, -0.2) is 23.5 Å². The molecule has 0 spiro atoms. The number of hydrogen-bond donors (Lipinski definition) is 2. The topological polar surface area (TPSA) is 63.3 Å². The van der Waals surface area contributed by atoms with Crippen molar-refractivity contribution in [3.63, 3.8) is 0 Å². The minimum Gasteiger partial charge on any atom is -0.384 e. The fourth-order valence-corrected chi connectivity index (χ4v) is 0.391. The maximum Gasteiger partial charge on any atom is 0.187 e. The molecule has 0 aliphatic carbocycles. The molecule has 0 aliphatic heterocycles. The highest BCUT2D eigenvalue weighted by Gasteiger charge is 2.11. The van der Waals surface area contributed by atoms with E-state index in [4.69, 9.17) is 10.8 Å². The predicted octanol–water partition coefficient (Wildman–Crippen LogP) is -0.127. The molecule has 0 bridgehead atoms. The first-order valence-electron chi connectivity index (χ1n) is 2.67. The summed E-state index contributed by atoms with van der Waals surface area (Å²) in [5.41, 5.74) is 5.34. The molecule has 1 unspecified atom stereocenters. The molecular formula is C6H12ClNO2. The van der Waals surface area contributed by atoms with Gasteiger partial charge in [-0.1, -0.05) is 6.58 Å². The van der Waals surface area contributed by atoms with Crippen LogP contribution in [0.2, 0.25) is 0 Å².